The lowest BCUT2D eigenvalue weighted by atomic mass is 10.2. The molecule has 3 nitrogen and oxygen atoms in total. The van der Waals surface area contributed by atoms with Crippen molar-refractivity contribution in [3.63, 3.8) is 0 Å². The highest BCUT2D eigenvalue weighted by Crippen LogP contribution is 2.33. The van der Waals surface area contributed by atoms with E-state index in [1.165, 1.54) is 11.3 Å². The van der Waals surface area contributed by atoms with Crippen LogP contribution in [0.25, 0.3) is 11.3 Å². The maximum atomic E-state index is 8.79. The van der Waals surface area contributed by atoms with E-state index in [1.807, 2.05) is 23.6 Å². The third kappa shape index (κ3) is 3.23. The summed E-state index contributed by atoms with van der Waals surface area (Å²) in [5, 5.41) is 15.9. The first-order valence-electron chi connectivity index (χ1n) is 6.34. The van der Waals surface area contributed by atoms with E-state index in [9.17, 15) is 0 Å². The molecular weight excluding hydrogens is 337 g/mol. The molecule has 22 heavy (non-hydrogen) atoms. The van der Waals surface area contributed by atoms with E-state index in [0.717, 1.165) is 22.1 Å². The molecule has 2 aromatic carbocycles. The molecule has 0 aliphatic carbocycles. The Balaban J connectivity index is 1.82. The largest absolute Gasteiger partial charge is 0.332 e. The number of nitrogens with zero attached hydrogens (tertiary/aromatic N) is 2. The van der Waals surface area contributed by atoms with Gasteiger partial charge in [0.25, 0.3) is 0 Å². The first kappa shape index (κ1) is 14.9. The van der Waals surface area contributed by atoms with Gasteiger partial charge >= 0.3 is 0 Å². The van der Waals surface area contributed by atoms with Crippen LogP contribution in [0.15, 0.2) is 47.8 Å². The van der Waals surface area contributed by atoms with Crippen molar-refractivity contribution in [3.05, 3.63) is 63.5 Å². The molecule has 3 rings (SSSR count). The van der Waals surface area contributed by atoms with Crippen LogP contribution in [0.5, 0.6) is 0 Å². The smallest absolute Gasteiger partial charge is 0.187 e. The van der Waals surface area contributed by atoms with Gasteiger partial charge in [-0.1, -0.05) is 23.2 Å². The number of hydrogen-bond donors (Lipinski definition) is 1. The molecule has 0 radical (unpaired) electrons. The second kappa shape index (κ2) is 6.37. The van der Waals surface area contributed by atoms with Gasteiger partial charge in [0.1, 0.15) is 0 Å². The van der Waals surface area contributed by atoms with Crippen molar-refractivity contribution >= 4 is 45.4 Å². The third-order valence-electron chi connectivity index (χ3n) is 2.98. The molecule has 1 heterocycles. The molecule has 0 aliphatic heterocycles. The van der Waals surface area contributed by atoms with E-state index in [-0.39, 0.29) is 0 Å². The number of nitrogens with one attached hydrogen (secondary N) is 1. The standard InChI is InChI=1S/C16H9Cl2N3S/c17-11-3-6-13(14(18)7-11)15-9-22-16(21-15)20-12-4-1-10(8-19)2-5-12/h1-7,9H,(H,20,21). The molecule has 1 N–H and O–H groups in total. The van der Waals surface area contributed by atoms with E-state index in [0.29, 0.717) is 15.6 Å². The van der Waals surface area contributed by atoms with Crippen LogP contribution in [0.3, 0.4) is 0 Å². The summed E-state index contributed by atoms with van der Waals surface area (Å²) in [6.07, 6.45) is 0. The average Bonchev–Trinajstić information content (AvgIpc) is 2.96. The van der Waals surface area contributed by atoms with Crippen LogP contribution >= 0.6 is 34.5 Å². The van der Waals surface area contributed by atoms with E-state index in [1.54, 1.807) is 24.3 Å². The number of thiazole rings is 1. The van der Waals surface area contributed by atoms with E-state index < -0.39 is 0 Å². The number of halogens is 2. The van der Waals surface area contributed by atoms with Gasteiger partial charge in [-0.2, -0.15) is 5.26 Å². The summed E-state index contributed by atoms with van der Waals surface area (Å²) in [5.41, 5.74) is 3.14. The van der Waals surface area contributed by atoms with Crippen molar-refractivity contribution in [2.45, 2.75) is 0 Å². The summed E-state index contributed by atoms with van der Waals surface area (Å²) >= 11 is 13.6. The van der Waals surface area contributed by atoms with Gasteiger partial charge in [0.15, 0.2) is 5.13 Å². The first-order valence-corrected chi connectivity index (χ1v) is 7.97. The van der Waals surface area contributed by atoms with Crippen molar-refractivity contribution in [2.75, 3.05) is 5.32 Å². The van der Waals surface area contributed by atoms with Gasteiger partial charge in [-0.15, -0.1) is 11.3 Å². The lowest BCUT2D eigenvalue weighted by Gasteiger charge is -2.03. The van der Waals surface area contributed by atoms with E-state index in [2.05, 4.69) is 16.4 Å². The molecule has 0 saturated carbocycles. The van der Waals surface area contributed by atoms with Gasteiger partial charge in [0.05, 0.1) is 22.3 Å². The first-order chi connectivity index (χ1) is 10.7. The Morgan fingerprint density at radius 3 is 2.55 bits per heavy atom. The molecule has 0 amide bonds. The fourth-order valence-corrected chi connectivity index (χ4v) is 3.14. The number of rotatable bonds is 3. The number of aromatic nitrogens is 1. The zero-order valence-electron chi connectivity index (χ0n) is 11.2. The molecule has 0 atom stereocenters. The highest BCUT2D eigenvalue weighted by Gasteiger charge is 2.09. The molecule has 6 heteroatoms. The predicted molar refractivity (Wildman–Crippen MR) is 92.0 cm³/mol. The van der Waals surface area contributed by atoms with Gasteiger partial charge in [0, 0.05) is 21.7 Å². The van der Waals surface area contributed by atoms with Crippen LogP contribution in [-0.2, 0) is 0 Å². The Morgan fingerprint density at radius 1 is 1.09 bits per heavy atom. The number of hydrogen-bond acceptors (Lipinski definition) is 4. The molecule has 0 aliphatic rings. The number of nitriles is 1. The van der Waals surface area contributed by atoms with Crippen LogP contribution in [-0.4, -0.2) is 4.98 Å². The quantitative estimate of drug-likeness (QED) is 0.659. The molecule has 3 aromatic rings. The molecule has 0 saturated heterocycles. The van der Waals surface area contributed by atoms with Gasteiger partial charge < -0.3 is 5.32 Å². The molecule has 0 unspecified atom stereocenters. The maximum absolute atomic E-state index is 8.79. The summed E-state index contributed by atoms with van der Waals surface area (Å²) in [6.45, 7) is 0. The molecule has 0 spiro atoms. The Hall–Kier alpha value is -2.06. The summed E-state index contributed by atoms with van der Waals surface area (Å²) in [6, 6.07) is 14.6. The van der Waals surface area contributed by atoms with Crippen LogP contribution in [0.2, 0.25) is 10.0 Å². The van der Waals surface area contributed by atoms with Crippen molar-refractivity contribution in [3.8, 4) is 17.3 Å². The SMILES string of the molecule is N#Cc1ccc(Nc2nc(-c3ccc(Cl)cc3Cl)cs2)cc1. The second-order valence-corrected chi connectivity index (χ2v) is 6.18. The van der Waals surface area contributed by atoms with Crippen molar-refractivity contribution in [1.29, 1.82) is 5.26 Å². The van der Waals surface area contributed by atoms with Crippen molar-refractivity contribution in [2.24, 2.45) is 0 Å². The van der Waals surface area contributed by atoms with Crippen molar-refractivity contribution < 1.29 is 0 Å². The normalized spacial score (nSPS) is 10.2. The zero-order valence-corrected chi connectivity index (χ0v) is 13.5. The zero-order chi connectivity index (χ0) is 15.5. The van der Waals surface area contributed by atoms with Crippen LogP contribution in [0.4, 0.5) is 10.8 Å². The average molecular weight is 346 g/mol. The fourth-order valence-electron chi connectivity index (χ4n) is 1.90. The highest BCUT2D eigenvalue weighted by molar-refractivity contribution is 7.14. The monoisotopic (exact) mass is 345 g/mol. The van der Waals surface area contributed by atoms with Crippen molar-refractivity contribution in [1.82, 2.24) is 4.98 Å². The molecule has 1 aromatic heterocycles. The third-order valence-corrected chi connectivity index (χ3v) is 4.28. The fraction of sp³-hybridized carbons (Fsp3) is 0. The summed E-state index contributed by atoms with van der Waals surface area (Å²) < 4.78 is 0. The summed E-state index contributed by atoms with van der Waals surface area (Å²) in [4.78, 5) is 4.52. The Bertz CT molecular complexity index is 851. The van der Waals surface area contributed by atoms with Crippen LogP contribution in [0, 0.1) is 11.3 Å². The topological polar surface area (TPSA) is 48.7 Å². The minimum absolute atomic E-state index is 0.572. The van der Waals surface area contributed by atoms with Gasteiger partial charge in [0.2, 0.25) is 0 Å². The minimum Gasteiger partial charge on any atom is -0.332 e. The summed E-state index contributed by atoms with van der Waals surface area (Å²) in [5.74, 6) is 0. The minimum atomic E-state index is 0.572. The predicted octanol–water partition coefficient (Wildman–Crippen LogP) is 5.73. The second-order valence-electron chi connectivity index (χ2n) is 4.48. The van der Waals surface area contributed by atoms with Gasteiger partial charge in [-0.3, -0.25) is 0 Å². The summed E-state index contributed by atoms with van der Waals surface area (Å²) in [7, 11) is 0. The molecule has 108 valence electrons. The Morgan fingerprint density at radius 2 is 1.86 bits per heavy atom. The maximum Gasteiger partial charge on any atom is 0.187 e. The van der Waals surface area contributed by atoms with Crippen LogP contribution < -0.4 is 5.32 Å². The molecule has 0 fully saturated rings. The Kier molecular flexibility index (Phi) is 4.30. The lowest BCUT2D eigenvalue weighted by molar-refractivity contribution is 1.38. The van der Waals surface area contributed by atoms with Gasteiger partial charge in [-0.05, 0) is 42.5 Å². The number of anilines is 2. The molecule has 0 bridgehead atoms. The lowest BCUT2D eigenvalue weighted by Crippen LogP contribution is -1.89. The number of benzene rings is 2. The van der Waals surface area contributed by atoms with Gasteiger partial charge in [-0.25, -0.2) is 4.98 Å². The van der Waals surface area contributed by atoms with E-state index >= 15 is 0 Å². The Labute approximate surface area is 141 Å². The highest BCUT2D eigenvalue weighted by atomic mass is 35.5. The molecular formula is C16H9Cl2N3S. The van der Waals surface area contributed by atoms with E-state index in [4.69, 9.17) is 28.5 Å². The van der Waals surface area contributed by atoms with Crippen LogP contribution in [0.1, 0.15) is 5.56 Å².